The van der Waals surface area contributed by atoms with Gasteiger partial charge in [0.15, 0.2) is 5.11 Å². The molecule has 0 amide bonds. The molecule has 0 aromatic heterocycles. The molecular formula is C14H21N3O3S2. The normalized spacial score (nSPS) is 18.2. The van der Waals surface area contributed by atoms with E-state index in [0.29, 0.717) is 22.9 Å². The second-order valence-electron chi connectivity index (χ2n) is 5.16. The summed E-state index contributed by atoms with van der Waals surface area (Å²) in [4.78, 5) is 0.238. The fourth-order valence-corrected chi connectivity index (χ4v) is 3.46. The van der Waals surface area contributed by atoms with Gasteiger partial charge in [0, 0.05) is 18.8 Å². The number of hydrogen-bond donors (Lipinski definition) is 3. The van der Waals surface area contributed by atoms with Crippen LogP contribution in [-0.2, 0) is 14.8 Å². The second kappa shape index (κ2) is 7.36. The Balaban J connectivity index is 2.00. The number of sulfonamides is 1. The first-order valence-corrected chi connectivity index (χ1v) is 9.02. The van der Waals surface area contributed by atoms with Crippen molar-refractivity contribution in [3.8, 4) is 0 Å². The zero-order chi connectivity index (χ0) is 16.2. The fourth-order valence-electron chi connectivity index (χ4n) is 2.26. The van der Waals surface area contributed by atoms with E-state index >= 15 is 0 Å². The predicted octanol–water partition coefficient (Wildman–Crippen LogP) is 1.37. The molecule has 22 heavy (non-hydrogen) atoms. The van der Waals surface area contributed by atoms with Crippen LogP contribution in [0.5, 0.6) is 0 Å². The number of rotatable bonds is 5. The first kappa shape index (κ1) is 17.1. The van der Waals surface area contributed by atoms with E-state index in [2.05, 4.69) is 15.4 Å². The molecule has 0 saturated carbocycles. The number of anilines is 1. The van der Waals surface area contributed by atoms with Gasteiger partial charge < -0.3 is 15.4 Å². The summed E-state index contributed by atoms with van der Waals surface area (Å²) in [6.45, 7) is 3.21. The Morgan fingerprint density at radius 1 is 1.45 bits per heavy atom. The molecule has 1 heterocycles. The van der Waals surface area contributed by atoms with Crippen LogP contribution in [0.25, 0.3) is 0 Å². The van der Waals surface area contributed by atoms with Crippen LogP contribution in [0.15, 0.2) is 23.1 Å². The maximum Gasteiger partial charge on any atom is 0.240 e. The molecule has 0 radical (unpaired) electrons. The summed E-state index contributed by atoms with van der Waals surface area (Å²) in [5.41, 5.74) is 1.31. The maximum atomic E-state index is 12.0. The van der Waals surface area contributed by atoms with E-state index in [1.807, 2.05) is 0 Å². The molecule has 0 spiro atoms. The van der Waals surface area contributed by atoms with Gasteiger partial charge in [0.05, 0.1) is 11.0 Å². The van der Waals surface area contributed by atoms with Gasteiger partial charge in [-0.1, -0.05) is 6.07 Å². The molecule has 1 aromatic rings. The minimum absolute atomic E-state index is 0.193. The van der Waals surface area contributed by atoms with Gasteiger partial charge in [-0.2, -0.15) is 0 Å². The Labute approximate surface area is 136 Å². The molecule has 122 valence electrons. The molecule has 0 aliphatic carbocycles. The third-order valence-electron chi connectivity index (χ3n) is 3.52. The van der Waals surface area contributed by atoms with Gasteiger partial charge in [0.25, 0.3) is 0 Å². The Bertz CT molecular complexity index is 641. The predicted molar refractivity (Wildman–Crippen MR) is 90.6 cm³/mol. The fraction of sp³-hybridized carbons (Fsp3) is 0.500. The summed E-state index contributed by atoms with van der Waals surface area (Å²) in [6.07, 6.45) is 2.30. The minimum atomic E-state index is -3.49. The number of hydrogen-bond acceptors (Lipinski definition) is 4. The van der Waals surface area contributed by atoms with Crippen LogP contribution in [0, 0.1) is 6.92 Å². The van der Waals surface area contributed by atoms with E-state index in [9.17, 15) is 8.42 Å². The quantitative estimate of drug-likeness (QED) is 0.701. The van der Waals surface area contributed by atoms with Gasteiger partial charge in [-0.15, -0.1) is 0 Å². The summed E-state index contributed by atoms with van der Waals surface area (Å²) in [6, 6.07) is 5.11. The summed E-state index contributed by atoms with van der Waals surface area (Å²) in [5, 5.41) is 6.54. The van der Waals surface area contributed by atoms with Gasteiger partial charge in [-0.25, -0.2) is 13.1 Å². The molecule has 2 rings (SSSR count). The Kier molecular flexibility index (Phi) is 5.74. The van der Waals surface area contributed by atoms with E-state index in [4.69, 9.17) is 17.0 Å². The Morgan fingerprint density at radius 3 is 2.86 bits per heavy atom. The van der Waals surface area contributed by atoms with E-state index < -0.39 is 10.0 Å². The summed E-state index contributed by atoms with van der Waals surface area (Å²) >= 11 is 5.23. The van der Waals surface area contributed by atoms with Crippen LogP contribution < -0.4 is 15.4 Å². The second-order valence-corrected chi connectivity index (χ2v) is 7.42. The largest absolute Gasteiger partial charge is 0.376 e. The van der Waals surface area contributed by atoms with Crippen LogP contribution in [0.1, 0.15) is 18.4 Å². The lowest BCUT2D eigenvalue weighted by Crippen LogP contribution is -2.34. The van der Waals surface area contributed by atoms with Crippen molar-refractivity contribution in [1.82, 2.24) is 10.0 Å². The summed E-state index contributed by atoms with van der Waals surface area (Å²) in [5.74, 6) is 0. The number of thiocarbonyl (C=S) groups is 1. The average molecular weight is 343 g/mol. The van der Waals surface area contributed by atoms with Crippen molar-refractivity contribution in [1.29, 1.82) is 0 Å². The lowest BCUT2D eigenvalue weighted by atomic mass is 10.2. The SMILES string of the molecule is CNS(=O)(=O)c1cc(NC(=S)NC[C@H]2CCCO2)ccc1C. The van der Waals surface area contributed by atoms with E-state index in [0.717, 1.165) is 19.4 Å². The van der Waals surface area contributed by atoms with Crippen LogP contribution in [0.4, 0.5) is 5.69 Å². The number of aryl methyl sites for hydroxylation is 1. The molecule has 0 bridgehead atoms. The molecule has 1 aromatic carbocycles. The van der Waals surface area contributed by atoms with E-state index in [-0.39, 0.29) is 11.0 Å². The minimum Gasteiger partial charge on any atom is -0.376 e. The molecule has 1 saturated heterocycles. The summed E-state index contributed by atoms with van der Waals surface area (Å²) in [7, 11) is -2.09. The van der Waals surface area contributed by atoms with Crippen molar-refractivity contribution in [3.05, 3.63) is 23.8 Å². The standard InChI is InChI=1S/C14H21N3O3S2/c1-10-5-6-11(8-13(10)22(18,19)15-2)17-14(21)16-9-12-4-3-7-20-12/h5-6,8,12,15H,3-4,7,9H2,1-2H3,(H2,16,17,21)/t12-/m1/s1. The van der Waals surface area contributed by atoms with Crippen molar-refractivity contribution in [2.24, 2.45) is 0 Å². The molecule has 1 aliphatic rings. The molecule has 3 N–H and O–H groups in total. The first-order valence-electron chi connectivity index (χ1n) is 7.13. The highest BCUT2D eigenvalue weighted by molar-refractivity contribution is 7.89. The highest BCUT2D eigenvalue weighted by Crippen LogP contribution is 2.20. The number of ether oxygens (including phenoxy) is 1. The number of nitrogens with one attached hydrogen (secondary N) is 3. The molecule has 6 nitrogen and oxygen atoms in total. The van der Waals surface area contributed by atoms with Crippen molar-refractivity contribution in [2.45, 2.75) is 30.8 Å². The molecule has 1 aliphatic heterocycles. The lowest BCUT2D eigenvalue weighted by Gasteiger charge is -2.15. The van der Waals surface area contributed by atoms with Gasteiger partial charge in [0.1, 0.15) is 0 Å². The number of benzene rings is 1. The Morgan fingerprint density at radius 2 is 2.23 bits per heavy atom. The highest BCUT2D eigenvalue weighted by atomic mass is 32.2. The third kappa shape index (κ3) is 4.39. The maximum absolute atomic E-state index is 12.0. The Hall–Kier alpha value is -1.22. The molecule has 8 heteroatoms. The third-order valence-corrected chi connectivity index (χ3v) is 5.32. The van der Waals surface area contributed by atoms with Crippen molar-refractivity contribution < 1.29 is 13.2 Å². The van der Waals surface area contributed by atoms with Gasteiger partial charge in [-0.3, -0.25) is 0 Å². The van der Waals surface area contributed by atoms with Crippen LogP contribution in [0.3, 0.4) is 0 Å². The molecule has 1 atom stereocenters. The topological polar surface area (TPSA) is 79.5 Å². The zero-order valence-corrected chi connectivity index (χ0v) is 14.3. The zero-order valence-electron chi connectivity index (χ0n) is 12.7. The molecule has 1 fully saturated rings. The van der Waals surface area contributed by atoms with Crippen LogP contribution in [-0.4, -0.2) is 39.8 Å². The average Bonchev–Trinajstić information content (AvgIpc) is 3.00. The monoisotopic (exact) mass is 343 g/mol. The van der Waals surface area contributed by atoms with E-state index in [1.54, 1.807) is 25.1 Å². The van der Waals surface area contributed by atoms with Gasteiger partial charge in [0.2, 0.25) is 10.0 Å². The summed E-state index contributed by atoms with van der Waals surface area (Å²) < 4.78 is 31.7. The molecule has 0 unspecified atom stereocenters. The van der Waals surface area contributed by atoms with Crippen molar-refractivity contribution in [2.75, 3.05) is 25.5 Å². The van der Waals surface area contributed by atoms with Gasteiger partial charge >= 0.3 is 0 Å². The first-order chi connectivity index (χ1) is 10.4. The van der Waals surface area contributed by atoms with Crippen LogP contribution >= 0.6 is 12.2 Å². The molecular weight excluding hydrogens is 322 g/mol. The van der Waals surface area contributed by atoms with Gasteiger partial charge in [-0.05, 0) is 56.7 Å². The van der Waals surface area contributed by atoms with E-state index in [1.165, 1.54) is 7.05 Å². The van der Waals surface area contributed by atoms with Crippen molar-refractivity contribution in [3.63, 3.8) is 0 Å². The smallest absolute Gasteiger partial charge is 0.240 e. The van der Waals surface area contributed by atoms with Crippen molar-refractivity contribution >= 4 is 33.0 Å². The highest BCUT2D eigenvalue weighted by Gasteiger charge is 2.17. The lowest BCUT2D eigenvalue weighted by molar-refractivity contribution is 0.114. The van der Waals surface area contributed by atoms with Crippen LogP contribution in [0.2, 0.25) is 0 Å².